The number of hydrogen-bond donors (Lipinski definition) is 1. The van der Waals surface area contributed by atoms with Crippen LogP contribution in [-0.2, 0) is 21.4 Å². The molecular weight excluding hydrogens is 469 g/mol. The molecule has 3 aromatic carbocycles. The predicted octanol–water partition coefficient (Wildman–Crippen LogP) is 5.10. The monoisotopic (exact) mass is 484 g/mol. The summed E-state index contributed by atoms with van der Waals surface area (Å²) >= 11 is 11.8. The van der Waals surface area contributed by atoms with Crippen LogP contribution in [0.3, 0.4) is 0 Å². The number of halogens is 4. The Hall–Kier alpha value is -2.52. The molecule has 0 fully saturated rings. The van der Waals surface area contributed by atoms with Crippen molar-refractivity contribution >= 4 is 44.8 Å². The summed E-state index contributed by atoms with van der Waals surface area (Å²) in [6, 6.07) is 14.6. The molecule has 0 saturated heterocycles. The van der Waals surface area contributed by atoms with Gasteiger partial charge in [-0.05, 0) is 54.1 Å². The second kappa shape index (κ2) is 9.74. The Kier molecular flexibility index (Phi) is 7.27. The van der Waals surface area contributed by atoms with Gasteiger partial charge in [0.1, 0.15) is 11.6 Å². The number of hydrogen-bond acceptors (Lipinski definition) is 3. The van der Waals surface area contributed by atoms with E-state index < -0.39 is 34.1 Å². The number of nitrogens with one attached hydrogen (secondary N) is 1. The van der Waals surface area contributed by atoms with Crippen molar-refractivity contribution in [2.75, 3.05) is 11.9 Å². The third-order valence-corrected chi connectivity index (χ3v) is 6.52. The summed E-state index contributed by atoms with van der Waals surface area (Å²) in [7, 11) is -4.12. The number of amides is 1. The number of sulfonamides is 1. The van der Waals surface area contributed by atoms with Gasteiger partial charge in [-0.1, -0.05) is 35.3 Å². The van der Waals surface area contributed by atoms with Gasteiger partial charge < -0.3 is 5.32 Å². The third-order valence-electron chi connectivity index (χ3n) is 4.22. The summed E-state index contributed by atoms with van der Waals surface area (Å²) < 4.78 is 54.2. The third kappa shape index (κ3) is 6.01. The zero-order valence-electron chi connectivity index (χ0n) is 15.9. The molecule has 0 aliphatic carbocycles. The predicted molar refractivity (Wildman–Crippen MR) is 115 cm³/mol. The summed E-state index contributed by atoms with van der Waals surface area (Å²) in [5.41, 5.74) is 0.281. The summed E-state index contributed by atoms with van der Waals surface area (Å²) in [5.74, 6) is -2.58. The van der Waals surface area contributed by atoms with Crippen LogP contribution in [0.1, 0.15) is 5.56 Å². The largest absolute Gasteiger partial charge is 0.322 e. The van der Waals surface area contributed by atoms with E-state index in [1.807, 2.05) is 0 Å². The summed E-state index contributed by atoms with van der Waals surface area (Å²) in [5, 5.41) is 3.02. The Balaban J connectivity index is 1.89. The molecule has 5 nitrogen and oxygen atoms in total. The highest BCUT2D eigenvalue weighted by atomic mass is 35.5. The van der Waals surface area contributed by atoms with Crippen molar-refractivity contribution in [2.24, 2.45) is 0 Å². The Bertz CT molecular complexity index is 1210. The lowest BCUT2D eigenvalue weighted by atomic mass is 10.2. The summed E-state index contributed by atoms with van der Waals surface area (Å²) in [6.07, 6.45) is 0. The van der Waals surface area contributed by atoms with Crippen LogP contribution in [0.2, 0.25) is 10.0 Å². The first-order valence-corrected chi connectivity index (χ1v) is 11.1. The average molecular weight is 485 g/mol. The van der Waals surface area contributed by atoms with Crippen LogP contribution in [0, 0.1) is 11.6 Å². The zero-order chi connectivity index (χ0) is 22.6. The van der Waals surface area contributed by atoms with Crippen LogP contribution in [0.25, 0.3) is 0 Å². The Morgan fingerprint density at radius 2 is 1.65 bits per heavy atom. The second-order valence-corrected chi connectivity index (χ2v) is 9.34. The molecule has 1 N–H and O–H groups in total. The molecule has 0 spiro atoms. The SMILES string of the molecule is O=C(CN(Cc1cccc(Cl)c1)S(=O)(=O)c1ccc(Cl)cc1)Nc1ccc(F)cc1F. The Labute approximate surface area is 188 Å². The van der Waals surface area contributed by atoms with Crippen molar-refractivity contribution in [1.82, 2.24) is 4.31 Å². The number of carbonyl (C=O) groups is 1. The molecule has 31 heavy (non-hydrogen) atoms. The van der Waals surface area contributed by atoms with E-state index in [1.165, 1.54) is 24.3 Å². The molecule has 0 aliphatic heterocycles. The highest BCUT2D eigenvalue weighted by molar-refractivity contribution is 7.89. The van der Waals surface area contributed by atoms with E-state index in [-0.39, 0.29) is 17.1 Å². The fourth-order valence-electron chi connectivity index (χ4n) is 2.76. The minimum absolute atomic E-state index is 0.0697. The molecule has 0 aliphatic rings. The van der Waals surface area contributed by atoms with Gasteiger partial charge in [0, 0.05) is 22.7 Å². The highest BCUT2D eigenvalue weighted by Gasteiger charge is 2.27. The number of anilines is 1. The molecule has 3 aromatic rings. The maximum atomic E-state index is 13.9. The van der Waals surface area contributed by atoms with E-state index >= 15 is 0 Å². The van der Waals surface area contributed by atoms with Crippen molar-refractivity contribution in [3.8, 4) is 0 Å². The van der Waals surface area contributed by atoms with Gasteiger partial charge in [-0.3, -0.25) is 4.79 Å². The molecule has 0 heterocycles. The molecular formula is C21H16Cl2F2N2O3S. The maximum Gasteiger partial charge on any atom is 0.243 e. The van der Waals surface area contributed by atoms with Gasteiger partial charge in [0.2, 0.25) is 15.9 Å². The van der Waals surface area contributed by atoms with Gasteiger partial charge in [0.05, 0.1) is 17.1 Å². The average Bonchev–Trinajstić information content (AvgIpc) is 2.70. The molecule has 0 bridgehead atoms. The van der Waals surface area contributed by atoms with Crippen LogP contribution in [-0.4, -0.2) is 25.2 Å². The molecule has 0 radical (unpaired) electrons. The van der Waals surface area contributed by atoms with E-state index in [4.69, 9.17) is 23.2 Å². The molecule has 0 unspecified atom stereocenters. The summed E-state index contributed by atoms with van der Waals surface area (Å²) in [4.78, 5) is 12.5. The van der Waals surface area contributed by atoms with Gasteiger partial charge >= 0.3 is 0 Å². The number of carbonyl (C=O) groups excluding carboxylic acids is 1. The Morgan fingerprint density at radius 1 is 0.935 bits per heavy atom. The van der Waals surface area contributed by atoms with Gasteiger partial charge in [-0.2, -0.15) is 4.31 Å². The fraction of sp³-hybridized carbons (Fsp3) is 0.0952. The van der Waals surface area contributed by atoms with Crippen molar-refractivity contribution in [2.45, 2.75) is 11.4 Å². The van der Waals surface area contributed by atoms with Crippen molar-refractivity contribution in [3.63, 3.8) is 0 Å². The highest BCUT2D eigenvalue weighted by Crippen LogP contribution is 2.22. The van der Waals surface area contributed by atoms with Crippen LogP contribution in [0.5, 0.6) is 0 Å². The van der Waals surface area contributed by atoms with Gasteiger partial charge in [-0.15, -0.1) is 0 Å². The Morgan fingerprint density at radius 3 is 2.29 bits per heavy atom. The normalized spacial score (nSPS) is 11.5. The molecule has 0 atom stereocenters. The first-order chi connectivity index (χ1) is 14.6. The fourth-order valence-corrected chi connectivity index (χ4v) is 4.48. The molecule has 3 rings (SSSR count). The lowest BCUT2D eigenvalue weighted by Crippen LogP contribution is -2.37. The first kappa shape index (κ1) is 23.1. The lowest BCUT2D eigenvalue weighted by Gasteiger charge is -2.22. The van der Waals surface area contributed by atoms with Crippen molar-refractivity contribution in [3.05, 3.63) is 94.0 Å². The smallest absolute Gasteiger partial charge is 0.243 e. The van der Waals surface area contributed by atoms with Crippen LogP contribution in [0.4, 0.5) is 14.5 Å². The van der Waals surface area contributed by atoms with Gasteiger partial charge in [0.25, 0.3) is 0 Å². The number of nitrogens with zero attached hydrogens (tertiary/aromatic N) is 1. The summed E-state index contributed by atoms with van der Waals surface area (Å²) in [6.45, 7) is -0.779. The quantitative estimate of drug-likeness (QED) is 0.507. The van der Waals surface area contributed by atoms with E-state index in [0.717, 1.165) is 16.4 Å². The number of benzene rings is 3. The molecule has 1 amide bonds. The molecule has 10 heteroatoms. The first-order valence-electron chi connectivity index (χ1n) is 8.90. The van der Waals surface area contributed by atoms with E-state index in [2.05, 4.69) is 5.32 Å². The van der Waals surface area contributed by atoms with Gasteiger partial charge in [-0.25, -0.2) is 17.2 Å². The van der Waals surface area contributed by atoms with Gasteiger partial charge in [0.15, 0.2) is 0 Å². The van der Waals surface area contributed by atoms with Crippen molar-refractivity contribution < 1.29 is 22.0 Å². The van der Waals surface area contributed by atoms with Crippen LogP contribution >= 0.6 is 23.2 Å². The standard InChI is InChI=1S/C21H16Cl2F2N2O3S/c22-15-4-7-18(8-5-15)31(29,30)27(12-14-2-1-3-16(23)10-14)13-21(28)26-20-9-6-17(24)11-19(20)25/h1-11H,12-13H2,(H,26,28). The number of rotatable bonds is 7. The minimum Gasteiger partial charge on any atom is -0.322 e. The second-order valence-electron chi connectivity index (χ2n) is 6.53. The van der Waals surface area contributed by atoms with E-state index in [9.17, 15) is 22.0 Å². The van der Waals surface area contributed by atoms with Crippen LogP contribution in [0.15, 0.2) is 71.6 Å². The topological polar surface area (TPSA) is 66.5 Å². The lowest BCUT2D eigenvalue weighted by molar-refractivity contribution is -0.116. The molecule has 0 saturated carbocycles. The minimum atomic E-state index is -4.12. The molecule has 0 aromatic heterocycles. The zero-order valence-corrected chi connectivity index (χ0v) is 18.2. The maximum absolute atomic E-state index is 13.9. The van der Waals surface area contributed by atoms with E-state index in [0.29, 0.717) is 21.7 Å². The van der Waals surface area contributed by atoms with E-state index in [1.54, 1.807) is 24.3 Å². The van der Waals surface area contributed by atoms with Crippen molar-refractivity contribution in [1.29, 1.82) is 0 Å². The van der Waals surface area contributed by atoms with Crippen LogP contribution < -0.4 is 5.32 Å². The molecule has 162 valence electrons.